The molecule has 0 spiro atoms. The Morgan fingerprint density at radius 3 is 2.29 bits per heavy atom. The van der Waals surface area contributed by atoms with E-state index in [0.29, 0.717) is 19.8 Å². The molecule has 0 aromatic heterocycles. The monoisotopic (exact) mass is 311 g/mol. The molecule has 1 heterocycles. The van der Waals surface area contributed by atoms with Gasteiger partial charge in [-0.05, 0) is 17.7 Å². The molecule has 0 unspecified atom stereocenters. The first kappa shape index (κ1) is 16.0. The van der Waals surface area contributed by atoms with Crippen molar-refractivity contribution in [3.05, 3.63) is 29.8 Å². The standard InChI is InChI=1S/C15H21NO4S/c1-15(10-20-11-15)9-16(2)14(17)8-12-4-6-13(7-5-12)21(3,18)19/h4-7H,8-11H2,1-3H3. The average molecular weight is 311 g/mol. The minimum atomic E-state index is -3.19. The molecule has 1 fully saturated rings. The fourth-order valence-corrected chi connectivity index (χ4v) is 3.00. The van der Waals surface area contributed by atoms with Crippen LogP contribution in [0.15, 0.2) is 29.2 Å². The Kier molecular flexibility index (Phi) is 4.39. The van der Waals surface area contributed by atoms with Gasteiger partial charge in [-0.2, -0.15) is 0 Å². The van der Waals surface area contributed by atoms with Gasteiger partial charge in [0.2, 0.25) is 5.91 Å². The molecular weight excluding hydrogens is 290 g/mol. The predicted molar refractivity (Wildman–Crippen MR) is 79.8 cm³/mol. The van der Waals surface area contributed by atoms with Crippen LogP contribution in [-0.4, -0.2) is 52.3 Å². The lowest BCUT2D eigenvalue weighted by Crippen LogP contribution is -2.49. The van der Waals surface area contributed by atoms with Gasteiger partial charge >= 0.3 is 0 Å². The van der Waals surface area contributed by atoms with Gasteiger partial charge in [0.1, 0.15) is 0 Å². The Labute approximate surface area is 125 Å². The van der Waals surface area contributed by atoms with Crippen LogP contribution in [0.3, 0.4) is 0 Å². The molecule has 1 saturated heterocycles. The topological polar surface area (TPSA) is 63.7 Å². The van der Waals surface area contributed by atoms with Crippen LogP contribution >= 0.6 is 0 Å². The molecule has 5 nitrogen and oxygen atoms in total. The van der Waals surface area contributed by atoms with E-state index in [2.05, 4.69) is 6.92 Å². The number of rotatable bonds is 5. The number of amides is 1. The van der Waals surface area contributed by atoms with E-state index in [1.165, 1.54) is 6.26 Å². The number of likely N-dealkylation sites (N-methyl/N-ethyl adjacent to an activating group) is 1. The molecule has 6 heteroatoms. The number of ether oxygens (including phenoxy) is 1. The van der Waals surface area contributed by atoms with Crippen LogP contribution in [0.5, 0.6) is 0 Å². The van der Waals surface area contributed by atoms with Gasteiger partial charge in [-0.3, -0.25) is 4.79 Å². The highest BCUT2D eigenvalue weighted by molar-refractivity contribution is 7.90. The first-order valence-corrected chi connectivity index (χ1v) is 8.69. The molecule has 21 heavy (non-hydrogen) atoms. The van der Waals surface area contributed by atoms with Crippen molar-refractivity contribution in [3.8, 4) is 0 Å². The third kappa shape index (κ3) is 4.04. The number of carbonyl (C=O) groups excluding carboxylic acids is 1. The maximum Gasteiger partial charge on any atom is 0.226 e. The van der Waals surface area contributed by atoms with E-state index in [1.54, 1.807) is 36.2 Å². The third-order valence-corrected chi connectivity index (χ3v) is 4.78. The molecule has 0 bridgehead atoms. The number of benzene rings is 1. The van der Waals surface area contributed by atoms with Gasteiger partial charge in [-0.1, -0.05) is 19.1 Å². The largest absolute Gasteiger partial charge is 0.380 e. The first-order valence-electron chi connectivity index (χ1n) is 6.80. The summed E-state index contributed by atoms with van der Waals surface area (Å²) in [5.74, 6) is 0.0234. The van der Waals surface area contributed by atoms with Crippen molar-refractivity contribution in [3.63, 3.8) is 0 Å². The summed E-state index contributed by atoms with van der Waals surface area (Å²) >= 11 is 0. The highest BCUT2D eigenvalue weighted by atomic mass is 32.2. The Bertz CT molecular complexity index is 618. The fraction of sp³-hybridized carbons (Fsp3) is 0.533. The molecule has 116 valence electrons. The number of hydrogen-bond donors (Lipinski definition) is 0. The average Bonchev–Trinajstić information content (AvgIpc) is 2.36. The summed E-state index contributed by atoms with van der Waals surface area (Å²) in [6.07, 6.45) is 1.44. The van der Waals surface area contributed by atoms with Gasteiger partial charge in [0.05, 0.1) is 24.5 Å². The Morgan fingerprint density at radius 2 is 1.86 bits per heavy atom. The third-order valence-electron chi connectivity index (χ3n) is 3.65. The van der Waals surface area contributed by atoms with E-state index in [1.807, 2.05) is 0 Å². The zero-order chi connectivity index (χ0) is 15.7. The van der Waals surface area contributed by atoms with Crippen molar-refractivity contribution < 1.29 is 17.9 Å². The molecule has 1 aromatic carbocycles. The quantitative estimate of drug-likeness (QED) is 0.818. The highest BCUT2D eigenvalue weighted by Gasteiger charge is 2.35. The maximum atomic E-state index is 12.2. The van der Waals surface area contributed by atoms with Gasteiger partial charge in [0, 0.05) is 25.3 Å². The molecule has 0 N–H and O–H groups in total. The number of nitrogens with zero attached hydrogens (tertiary/aromatic N) is 1. The fourth-order valence-electron chi connectivity index (χ4n) is 2.37. The van der Waals surface area contributed by atoms with E-state index in [4.69, 9.17) is 4.74 Å². The molecule has 0 atom stereocenters. The van der Waals surface area contributed by atoms with Crippen LogP contribution in [0, 0.1) is 5.41 Å². The Hall–Kier alpha value is -1.40. The van der Waals surface area contributed by atoms with E-state index in [0.717, 1.165) is 5.56 Å². The number of carbonyl (C=O) groups is 1. The van der Waals surface area contributed by atoms with Crippen LogP contribution in [0.2, 0.25) is 0 Å². The molecule has 1 aliphatic heterocycles. The zero-order valence-electron chi connectivity index (χ0n) is 12.6. The summed E-state index contributed by atoms with van der Waals surface area (Å²) in [6.45, 7) is 4.15. The first-order chi connectivity index (χ1) is 9.70. The summed E-state index contributed by atoms with van der Waals surface area (Å²) in [7, 11) is -1.40. The predicted octanol–water partition coefficient (Wildman–Crippen LogP) is 1.13. The van der Waals surface area contributed by atoms with Crippen LogP contribution in [0.4, 0.5) is 0 Å². The smallest absolute Gasteiger partial charge is 0.226 e. The zero-order valence-corrected chi connectivity index (χ0v) is 13.4. The van der Waals surface area contributed by atoms with Crippen molar-refractivity contribution in [1.82, 2.24) is 4.90 Å². The van der Waals surface area contributed by atoms with Crippen molar-refractivity contribution in [2.75, 3.05) is 33.1 Å². The minimum Gasteiger partial charge on any atom is -0.380 e. The second-order valence-electron chi connectivity index (χ2n) is 6.15. The van der Waals surface area contributed by atoms with Gasteiger partial charge in [0.15, 0.2) is 9.84 Å². The summed E-state index contributed by atoms with van der Waals surface area (Å²) in [5.41, 5.74) is 0.874. The SMILES string of the molecule is CN(CC1(C)COC1)C(=O)Cc1ccc(S(C)(=O)=O)cc1. The molecular formula is C15H21NO4S. The van der Waals surface area contributed by atoms with Crippen molar-refractivity contribution in [2.45, 2.75) is 18.2 Å². The van der Waals surface area contributed by atoms with Crippen LogP contribution < -0.4 is 0 Å². The van der Waals surface area contributed by atoms with Crippen LogP contribution in [-0.2, 0) is 25.8 Å². The molecule has 0 aliphatic carbocycles. The van der Waals surface area contributed by atoms with Gasteiger partial charge in [0.25, 0.3) is 0 Å². The van der Waals surface area contributed by atoms with Gasteiger partial charge in [-0.15, -0.1) is 0 Å². The number of hydrogen-bond acceptors (Lipinski definition) is 4. The summed E-state index contributed by atoms with van der Waals surface area (Å²) in [5, 5.41) is 0. The maximum absolute atomic E-state index is 12.2. The normalized spacial score (nSPS) is 17.1. The second kappa shape index (κ2) is 5.77. The van der Waals surface area contributed by atoms with E-state index in [9.17, 15) is 13.2 Å². The molecule has 0 saturated carbocycles. The molecule has 1 amide bonds. The van der Waals surface area contributed by atoms with Crippen molar-refractivity contribution in [2.24, 2.45) is 5.41 Å². The summed E-state index contributed by atoms with van der Waals surface area (Å²) < 4.78 is 28.0. The van der Waals surface area contributed by atoms with Crippen molar-refractivity contribution >= 4 is 15.7 Å². The van der Waals surface area contributed by atoms with Crippen LogP contribution in [0.25, 0.3) is 0 Å². The van der Waals surface area contributed by atoms with Crippen LogP contribution in [0.1, 0.15) is 12.5 Å². The Balaban J connectivity index is 1.96. The molecule has 2 rings (SSSR count). The molecule has 0 radical (unpaired) electrons. The summed E-state index contributed by atoms with van der Waals surface area (Å²) in [4.78, 5) is 14.2. The minimum absolute atomic E-state index is 0.0234. The summed E-state index contributed by atoms with van der Waals surface area (Å²) in [6, 6.07) is 6.46. The van der Waals surface area contributed by atoms with E-state index < -0.39 is 9.84 Å². The van der Waals surface area contributed by atoms with Gasteiger partial charge < -0.3 is 9.64 Å². The van der Waals surface area contributed by atoms with E-state index >= 15 is 0 Å². The Morgan fingerprint density at radius 1 is 1.29 bits per heavy atom. The molecule has 1 aliphatic rings. The highest BCUT2D eigenvalue weighted by Crippen LogP contribution is 2.27. The second-order valence-corrected chi connectivity index (χ2v) is 8.16. The molecule has 1 aromatic rings. The lowest BCUT2D eigenvalue weighted by Gasteiger charge is -2.40. The lowest BCUT2D eigenvalue weighted by atomic mass is 9.88. The number of sulfone groups is 1. The van der Waals surface area contributed by atoms with E-state index in [-0.39, 0.29) is 22.6 Å². The lowest BCUT2D eigenvalue weighted by molar-refractivity contribution is -0.141. The van der Waals surface area contributed by atoms with Crippen molar-refractivity contribution in [1.29, 1.82) is 0 Å². The van der Waals surface area contributed by atoms with Gasteiger partial charge in [-0.25, -0.2) is 8.42 Å².